The fraction of sp³-hybridized carbons (Fsp3) is 0.469. The topological polar surface area (TPSA) is 95.1 Å². The number of rotatable bonds is 15. The molecular weight excluding hydrogens is 516 g/mol. The summed E-state index contributed by atoms with van der Waals surface area (Å²) in [7, 11) is 0. The van der Waals surface area contributed by atoms with Gasteiger partial charge in [-0.25, -0.2) is 0 Å². The van der Waals surface area contributed by atoms with Crippen LogP contribution < -0.4 is 10.1 Å². The summed E-state index contributed by atoms with van der Waals surface area (Å²) >= 11 is 0. The van der Waals surface area contributed by atoms with Crippen molar-refractivity contribution in [3.63, 3.8) is 0 Å². The summed E-state index contributed by atoms with van der Waals surface area (Å²) in [5.41, 5.74) is 4.05. The van der Waals surface area contributed by atoms with Crippen molar-refractivity contribution in [2.75, 3.05) is 64.5 Å². The van der Waals surface area contributed by atoms with Crippen LogP contribution in [0.15, 0.2) is 59.7 Å². The van der Waals surface area contributed by atoms with E-state index >= 15 is 0 Å². The van der Waals surface area contributed by atoms with Crippen molar-refractivity contribution in [2.24, 2.45) is 4.99 Å². The van der Waals surface area contributed by atoms with E-state index in [1.807, 2.05) is 60.4 Å². The predicted octanol–water partition coefficient (Wildman–Crippen LogP) is 5.36. The van der Waals surface area contributed by atoms with Crippen LogP contribution in [-0.2, 0) is 4.74 Å². The lowest BCUT2D eigenvalue weighted by atomic mass is 10.2. The molecule has 41 heavy (non-hydrogen) atoms. The summed E-state index contributed by atoms with van der Waals surface area (Å²) in [4.78, 5) is 29.9. The lowest BCUT2D eigenvalue weighted by molar-refractivity contribution is 0.0358. The van der Waals surface area contributed by atoms with Gasteiger partial charge >= 0.3 is 0 Å². The molecule has 1 aliphatic rings. The monoisotopic (exact) mass is 560 g/mol. The van der Waals surface area contributed by atoms with Crippen molar-refractivity contribution in [3.05, 3.63) is 66.1 Å². The van der Waals surface area contributed by atoms with E-state index in [0.29, 0.717) is 19.0 Å². The van der Waals surface area contributed by atoms with Gasteiger partial charge in [0.2, 0.25) is 0 Å². The van der Waals surface area contributed by atoms with E-state index in [1.165, 1.54) is 0 Å². The highest BCUT2D eigenvalue weighted by Gasteiger charge is 2.17. The first kappa shape index (κ1) is 30.3. The number of aromatic nitrogens is 2. The second-order valence-electron chi connectivity index (χ2n) is 10.2. The number of benzene rings is 1. The third-order valence-corrected chi connectivity index (χ3v) is 6.97. The van der Waals surface area contributed by atoms with Crippen LogP contribution in [0.2, 0.25) is 0 Å². The number of hydrogen-bond donors (Lipinski definition) is 2. The molecule has 1 saturated heterocycles. The summed E-state index contributed by atoms with van der Waals surface area (Å²) in [6.07, 6.45) is 8.53. The minimum Gasteiger partial charge on any atom is -0.493 e. The smallest absolute Gasteiger partial charge is 0.270 e. The number of ether oxygens (including phenoxy) is 2. The Morgan fingerprint density at radius 3 is 2.73 bits per heavy atom. The maximum absolute atomic E-state index is 13.0. The molecule has 2 aromatic heterocycles. The molecule has 0 spiro atoms. The van der Waals surface area contributed by atoms with Crippen LogP contribution >= 0.6 is 0 Å². The minimum absolute atomic E-state index is 0.0517. The van der Waals surface area contributed by atoms with Crippen molar-refractivity contribution in [1.29, 1.82) is 0 Å². The number of carbonyl (C=O) groups excluding carboxylic acids is 1. The van der Waals surface area contributed by atoms with Gasteiger partial charge in [-0.1, -0.05) is 19.9 Å². The zero-order chi connectivity index (χ0) is 28.9. The number of H-pyrrole nitrogens is 1. The number of anilines is 1. The number of aromatic amines is 1. The van der Waals surface area contributed by atoms with Crippen LogP contribution in [-0.4, -0.2) is 90.6 Å². The normalized spacial score (nSPS) is 14.6. The highest BCUT2D eigenvalue weighted by Crippen LogP contribution is 2.21. The van der Waals surface area contributed by atoms with Gasteiger partial charge in [-0.2, -0.15) is 0 Å². The number of amides is 1. The number of nitrogens with zero attached hydrogens (tertiary/aromatic N) is 4. The van der Waals surface area contributed by atoms with E-state index in [0.717, 1.165) is 98.9 Å². The van der Waals surface area contributed by atoms with Crippen LogP contribution in [0.5, 0.6) is 5.75 Å². The van der Waals surface area contributed by atoms with Crippen molar-refractivity contribution in [1.82, 2.24) is 19.8 Å². The zero-order valence-corrected chi connectivity index (χ0v) is 24.7. The van der Waals surface area contributed by atoms with Crippen LogP contribution in [0.3, 0.4) is 0 Å². The Kier molecular flexibility index (Phi) is 11.8. The average Bonchev–Trinajstić information content (AvgIpc) is 3.43. The fourth-order valence-corrected chi connectivity index (χ4v) is 4.92. The molecule has 0 aliphatic carbocycles. The van der Waals surface area contributed by atoms with Crippen molar-refractivity contribution >= 4 is 28.2 Å². The van der Waals surface area contributed by atoms with Crippen LogP contribution in [0.4, 0.5) is 5.69 Å². The molecule has 2 N–H and O–H groups in total. The van der Waals surface area contributed by atoms with Gasteiger partial charge in [0, 0.05) is 61.6 Å². The first-order valence-electron chi connectivity index (χ1n) is 14.8. The molecule has 0 saturated carbocycles. The van der Waals surface area contributed by atoms with Crippen LogP contribution in [0.25, 0.3) is 10.9 Å². The highest BCUT2D eigenvalue weighted by atomic mass is 16.5. The Balaban J connectivity index is 1.35. The maximum atomic E-state index is 13.0. The quantitative estimate of drug-likeness (QED) is 0.192. The molecule has 0 unspecified atom stereocenters. The number of hydrogen-bond acceptors (Lipinski definition) is 7. The van der Waals surface area contributed by atoms with Crippen molar-refractivity contribution in [3.8, 4) is 5.75 Å². The molecule has 220 valence electrons. The standard InChI is InChI=1S/C32H44N6O3/c1-4-8-29(30-23-27(11-12-33-30)41-18-7-15-37-16-19-40-20-17-37)35-24-34-26-9-10-28-25(21-26)22-31(36-28)32(39)38(13-5-2)14-6-3/h4,8-12,21-23,34,36H,5-7,13-20,24H2,1-3H3/b8-4-,35-29+. The van der Waals surface area contributed by atoms with Gasteiger partial charge in [-0.3, -0.25) is 19.7 Å². The second kappa shape index (κ2) is 15.9. The summed E-state index contributed by atoms with van der Waals surface area (Å²) in [5.74, 6) is 0.845. The first-order chi connectivity index (χ1) is 20.1. The van der Waals surface area contributed by atoms with Gasteiger partial charge in [-0.15, -0.1) is 0 Å². The molecule has 0 atom stereocenters. The zero-order valence-electron chi connectivity index (χ0n) is 24.7. The van der Waals surface area contributed by atoms with Crippen LogP contribution in [0.1, 0.15) is 56.2 Å². The predicted molar refractivity (Wildman–Crippen MR) is 166 cm³/mol. The summed E-state index contributed by atoms with van der Waals surface area (Å²) < 4.78 is 11.4. The van der Waals surface area contributed by atoms with Gasteiger partial charge in [-0.05, 0) is 62.6 Å². The highest BCUT2D eigenvalue weighted by molar-refractivity contribution is 6.07. The van der Waals surface area contributed by atoms with Gasteiger partial charge in [0.05, 0.1) is 31.2 Å². The Bertz CT molecular complexity index is 1310. The fourth-order valence-electron chi connectivity index (χ4n) is 4.92. The lowest BCUT2D eigenvalue weighted by Crippen LogP contribution is -2.37. The molecule has 4 rings (SSSR count). The van der Waals surface area contributed by atoms with Crippen LogP contribution in [0, 0.1) is 0 Å². The molecule has 1 amide bonds. The van der Waals surface area contributed by atoms with E-state index in [9.17, 15) is 4.79 Å². The van der Waals surface area contributed by atoms with Gasteiger partial charge in [0.25, 0.3) is 5.91 Å². The number of pyridine rings is 1. The third-order valence-electron chi connectivity index (χ3n) is 6.97. The lowest BCUT2D eigenvalue weighted by Gasteiger charge is -2.26. The molecule has 1 aliphatic heterocycles. The molecule has 9 heteroatoms. The second-order valence-corrected chi connectivity index (χ2v) is 10.2. The van der Waals surface area contributed by atoms with Gasteiger partial charge in [0.1, 0.15) is 18.1 Å². The van der Waals surface area contributed by atoms with E-state index in [2.05, 4.69) is 34.0 Å². The largest absolute Gasteiger partial charge is 0.493 e. The first-order valence-corrected chi connectivity index (χ1v) is 14.8. The van der Waals surface area contributed by atoms with E-state index in [4.69, 9.17) is 14.5 Å². The summed E-state index contributed by atoms with van der Waals surface area (Å²) in [6, 6.07) is 11.8. The average molecular weight is 561 g/mol. The molecule has 1 aromatic carbocycles. The number of carbonyl (C=O) groups is 1. The molecule has 9 nitrogen and oxygen atoms in total. The third kappa shape index (κ3) is 8.90. The summed E-state index contributed by atoms with van der Waals surface area (Å²) in [5, 5.41) is 4.37. The Hall–Kier alpha value is -3.69. The number of allylic oxidation sites excluding steroid dienone is 2. The number of nitrogens with one attached hydrogen (secondary N) is 2. The SMILES string of the molecule is C/C=C\C(=N/CNc1ccc2[nH]c(C(=O)N(CCC)CCC)cc2c1)c1cc(OCCCN2CCOCC2)ccn1. The van der Waals surface area contributed by atoms with E-state index < -0.39 is 0 Å². The molecule has 3 heterocycles. The van der Waals surface area contributed by atoms with E-state index in [1.54, 1.807) is 6.20 Å². The molecule has 1 fully saturated rings. The Morgan fingerprint density at radius 2 is 1.98 bits per heavy atom. The maximum Gasteiger partial charge on any atom is 0.270 e. The van der Waals surface area contributed by atoms with Gasteiger partial charge < -0.3 is 24.7 Å². The minimum atomic E-state index is 0.0517. The summed E-state index contributed by atoms with van der Waals surface area (Å²) in [6.45, 7) is 13.4. The molecular formula is C32H44N6O3. The Morgan fingerprint density at radius 1 is 1.17 bits per heavy atom. The Labute approximate surface area is 243 Å². The molecule has 3 aromatic rings. The number of aliphatic imine (C=N–C) groups is 1. The van der Waals surface area contributed by atoms with E-state index in [-0.39, 0.29) is 5.91 Å². The number of morpholine rings is 1. The van der Waals surface area contributed by atoms with Crippen molar-refractivity contribution in [2.45, 2.75) is 40.0 Å². The molecule has 0 bridgehead atoms. The number of fused-ring (bicyclic) bond motifs is 1. The van der Waals surface area contributed by atoms with Gasteiger partial charge in [0.15, 0.2) is 0 Å². The molecule has 0 radical (unpaired) electrons. The van der Waals surface area contributed by atoms with Crippen molar-refractivity contribution < 1.29 is 14.3 Å².